The van der Waals surface area contributed by atoms with E-state index in [1.54, 1.807) is 0 Å². The summed E-state index contributed by atoms with van der Waals surface area (Å²) in [7, 11) is 0. The molecule has 3 nitrogen and oxygen atoms in total. The van der Waals surface area contributed by atoms with E-state index in [0.29, 0.717) is 23.9 Å². The van der Waals surface area contributed by atoms with Gasteiger partial charge in [0.15, 0.2) is 0 Å². The van der Waals surface area contributed by atoms with Crippen LogP contribution >= 0.6 is 0 Å². The maximum atomic E-state index is 15.3. The van der Waals surface area contributed by atoms with Crippen LogP contribution in [0.25, 0.3) is 0 Å². The van der Waals surface area contributed by atoms with E-state index in [9.17, 15) is 0 Å². The van der Waals surface area contributed by atoms with Crippen molar-refractivity contribution in [2.75, 3.05) is 52.4 Å². The van der Waals surface area contributed by atoms with Crippen LogP contribution in [-0.2, 0) is 0 Å². The van der Waals surface area contributed by atoms with E-state index in [1.807, 2.05) is 6.92 Å². The Morgan fingerprint density at radius 1 is 0.960 bits per heavy atom. The third-order valence-corrected chi connectivity index (χ3v) is 7.00. The molecule has 0 bridgehead atoms. The molecule has 2 atom stereocenters. The highest BCUT2D eigenvalue weighted by Gasteiger charge is 2.46. The molecule has 3 fully saturated rings. The second-order valence-corrected chi connectivity index (χ2v) is 10.2. The molecule has 3 saturated heterocycles. The first-order valence-corrected chi connectivity index (χ1v) is 10.6. The molecule has 146 valence electrons. The molecule has 2 unspecified atom stereocenters. The summed E-state index contributed by atoms with van der Waals surface area (Å²) in [6, 6.07) is 0.687. The van der Waals surface area contributed by atoms with Gasteiger partial charge in [0.05, 0.1) is 0 Å². The van der Waals surface area contributed by atoms with E-state index in [2.05, 4.69) is 42.4 Å². The Bertz CT molecular complexity index is 432. The molecule has 3 aliphatic heterocycles. The Morgan fingerprint density at radius 3 is 2.12 bits per heavy atom. The van der Waals surface area contributed by atoms with Gasteiger partial charge in [-0.1, -0.05) is 13.8 Å². The zero-order valence-corrected chi connectivity index (χ0v) is 17.2. The number of likely N-dealkylation sites (tertiary alicyclic amines) is 3. The Kier molecular flexibility index (Phi) is 5.82. The number of piperidine rings is 2. The minimum Gasteiger partial charge on any atom is -0.303 e. The van der Waals surface area contributed by atoms with Crippen LogP contribution in [0.1, 0.15) is 53.9 Å². The van der Waals surface area contributed by atoms with Gasteiger partial charge in [0.1, 0.15) is 5.67 Å². The molecule has 3 aliphatic rings. The second-order valence-electron chi connectivity index (χ2n) is 10.2. The summed E-state index contributed by atoms with van der Waals surface area (Å²) in [5.74, 6) is 0.831. The number of hydrogen-bond donors (Lipinski definition) is 0. The smallest absolute Gasteiger partial charge is 0.124 e. The van der Waals surface area contributed by atoms with Crippen molar-refractivity contribution >= 4 is 0 Å². The molecule has 3 heterocycles. The van der Waals surface area contributed by atoms with Crippen molar-refractivity contribution in [2.45, 2.75) is 65.6 Å². The van der Waals surface area contributed by atoms with E-state index in [4.69, 9.17) is 0 Å². The Labute approximate surface area is 154 Å². The van der Waals surface area contributed by atoms with E-state index in [-0.39, 0.29) is 5.92 Å². The fraction of sp³-hybridized carbons (Fsp3) is 1.00. The van der Waals surface area contributed by atoms with Crippen LogP contribution in [0.4, 0.5) is 4.39 Å². The lowest BCUT2D eigenvalue weighted by Gasteiger charge is -2.56. The topological polar surface area (TPSA) is 9.72 Å². The first-order valence-electron chi connectivity index (χ1n) is 10.6. The van der Waals surface area contributed by atoms with Crippen LogP contribution in [0.2, 0.25) is 0 Å². The summed E-state index contributed by atoms with van der Waals surface area (Å²) in [6.45, 7) is 19.5. The molecule has 0 aliphatic carbocycles. The van der Waals surface area contributed by atoms with Crippen molar-refractivity contribution in [1.29, 1.82) is 0 Å². The first-order chi connectivity index (χ1) is 11.7. The van der Waals surface area contributed by atoms with E-state index >= 15 is 4.39 Å². The highest BCUT2D eigenvalue weighted by molar-refractivity contribution is 5.00. The average Bonchev–Trinajstić information content (AvgIpc) is 2.47. The maximum Gasteiger partial charge on any atom is 0.124 e. The minimum absolute atomic E-state index is 0.207. The van der Waals surface area contributed by atoms with Crippen LogP contribution < -0.4 is 0 Å². The van der Waals surface area contributed by atoms with E-state index in [1.165, 1.54) is 39.0 Å². The summed E-state index contributed by atoms with van der Waals surface area (Å²) in [5.41, 5.74) is -0.451. The molecule has 3 rings (SSSR count). The van der Waals surface area contributed by atoms with Gasteiger partial charge in [-0.15, -0.1) is 0 Å². The number of alkyl halides is 1. The third kappa shape index (κ3) is 4.56. The summed E-state index contributed by atoms with van der Waals surface area (Å²) < 4.78 is 15.3. The average molecular weight is 354 g/mol. The van der Waals surface area contributed by atoms with Crippen LogP contribution in [-0.4, -0.2) is 78.8 Å². The number of hydrogen-bond acceptors (Lipinski definition) is 3. The normalized spacial score (nSPS) is 34.8. The number of nitrogens with zero attached hydrogens (tertiary/aromatic N) is 3. The van der Waals surface area contributed by atoms with Gasteiger partial charge in [0, 0.05) is 44.7 Å². The third-order valence-electron chi connectivity index (χ3n) is 7.00. The fourth-order valence-electron chi connectivity index (χ4n) is 5.26. The zero-order chi connectivity index (χ0) is 18.2. The van der Waals surface area contributed by atoms with Gasteiger partial charge in [-0.25, -0.2) is 4.39 Å². The van der Waals surface area contributed by atoms with Crippen molar-refractivity contribution in [2.24, 2.45) is 17.3 Å². The highest BCUT2D eigenvalue weighted by atomic mass is 19.1. The lowest BCUT2D eigenvalue weighted by molar-refractivity contribution is -0.0727. The molecule has 0 aromatic carbocycles. The van der Waals surface area contributed by atoms with Gasteiger partial charge in [0.25, 0.3) is 0 Å². The van der Waals surface area contributed by atoms with Crippen LogP contribution in [0, 0.1) is 17.3 Å². The van der Waals surface area contributed by atoms with Gasteiger partial charge in [-0.2, -0.15) is 0 Å². The molecular formula is C21H40FN3. The van der Waals surface area contributed by atoms with Gasteiger partial charge in [0.2, 0.25) is 0 Å². The minimum atomic E-state index is -1.03. The molecule has 0 radical (unpaired) electrons. The summed E-state index contributed by atoms with van der Waals surface area (Å²) in [6.07, 6.45) is 3.64. The highest BCUT2D eigenvalue weighted by Crippen LogP contribution is 2.42. The SMILES string of the molecule is CC(C)CN1CCC(CN2CCC3(CC2)CN(C(C)C)C3)C(C)(F)C1. The molecule has 0 N–H and O–H groups in total. The predicted octanol–water partition coefficient (Wildman–Crippen LogP) is 3.50. The zero-order valence-electron chi connectivity index (χ0n) is 17.2. The quantitative estimate of drug-likeness (QED) is 0.749. The predicted molar refractivity (Wildman–Crippen MR) is 104 cm³/mol. The molecule has 4 heteroatoms. The van der Waals surface area contributed by atoms with Gasteiger partial charge in [-0.05, 0) is 71.0 Å². The summed E-state index contributed by atoms with van der Waals surface area (Å²) in [5, 5.41) is 0. The van der Waals surface area contributed by atoms with Gasteiger partial charge < -0.3 is 4.90 Å². The Hall–Kier alpha value is -0.190. The van der Waals surface area contributed by atoms with Crippen LogP contribution in [0.15, 0.2) is 0 Å². The van der Waals surface area contributed by atoms with Crippen molar-refractivity contribution in [3.8, 4) is 0 Å². The standard InChI is InChI=1S/C21H40FN3/c1-17(2)12-24-9-6-19(20(5,22)14-24)13-23-10-7-21(8-11-23)15-25(16-21)18(3)4/h17-19H,6-16H2,1-5H3. The van der Waals surface area contributed by atoms with Crippen LogP contribution in [0.3, 0.4) is 0 Å². The lowest BCUT2D eigenvalue weighted by atomic mass is 9.71. The molecular weight excluding hydrogens is 313 g/mol. The lowest BCUT2D eigenvalue weighted by Crippen LogP contribution is -2.62. The van der Waals surface area contributed by atoms with E-state index in [0.717, 1.165) is 26.1 Å². The molecule has 1 spiro atoms. The van der Waals surface area contributed by atoms with Crippen molar-refractivity contribution in [1.82, 2.24) is 14.7 Å². The van der Waals surface area contributed by atoms with Crippen molar-refractivity contribution < 1.29 is 4.39 Å². The molecule has 0 aromatic heterocycles. The monoisotopic (exact) mass is 353 g/mol. The van der Waals surface area contributed by atoms with Gasteiger partial charge >= 0.3 is 0 Å². The first kappa shape index (κ1) is 19.6. The summed E-state index contributed by atoms with van der Waals surface area (Å²) >= 11 is 0. The second kappa shape index (κ2) is 7.44. The van der Waals surface area contributed by atoms with Gasteiger partial charge in [-0.3, -0.25) is 9.80 Å². The molecule has 0 amide bonds. The largest absolute Gasteiger partial charge is 0.303 e. The van der Waals surface area contributed by atoms with Crippen molar-refractivity contribution in [3.05, 3.63) is 0 Å². The van der Waals surface area contributed by atoms with Crippen LogP contribution in [0.5, 0.6) is 0 Å². The maximum absolute atomic E-state index is 15.3. The molecule has 0 saturated carbocycles. The fourth-order valence-corrected chi connectivity index (χ4v) is 5.26. The number of halogens is 1. The Morgan fingerprint density at radius 2 is 1.60 bits per heavy atom. The number of rotatable bonds is 5. The summed E-state index contributed by atoms with van der Waals surface area (Å²) in [4.78, 5) is 7.49. The van der Waals surface area contributed by atoms with Crippen molar-refractivity contribution in [3.63, 3.8) is 0 Å². The van der Waals surface area contributed by atoms with E-state index < -0.39 is 5.67 Å². The Balaban J connectivity index is 1.45. The molecule has 0 aromatic rings. The molecule has 25 heavy (non-hydrogen) atoms.